The lowest BCUT2D eigenvalue weighted by Crippen LogP contribution is -2.30. The van der Waals surface area contributed by atoms with E-state index in [9.17, 15) is 9.59 Å². The van der Waals surface area contributed by atoms with Gasteiger partial charge in [-0.2, -0.15) is 0 Å². The molecule has 0 bridgehead atoms. The van der Waals surface area contributed by atoms with E-state index < -0.39 is 23.2 Å². The minimum Gasteiger partial charge on any atom is -0.450 e. The van der Waals surface area contributed by atoms with Crippen LogP contribution >= 0.6 is 34.7 Å². The summed E-state index contributed by atoms with van der Waals surface area (Å²) in [6.07, 6.45) is 0. The van der Waals surface area contributed by atoms with Crippen LogP contribution in [0.4, 0.5) is 9.52 Å². The summed E-state index contributed by atoms with van der Waals surface area (Å²) in [7, 11) is 0. The lowest BCUT2D eigenvalue weighted by atomic mass is 9.98. The molecule has 0 saturated carbocycles. The number of aromatic nitrogens is 2. The minimum absolute atomic E-state index is 0.0496. The van der Waals surface area contributed by atoms with Crippen molar-refractivity contribution in [2.75, 3.05) is 4.90 Å². The van der Waals surface area contributed by atoms with Gasteiger partial charge in [-0.3, -0.25) is 14.5 Å². The predicted molar refractivity (Wildman–Crippen MR) is 138 cm³/mol. The number of nitrogens with zero attached hydrogens (tertiary/aromatic N) is 3. The summed E-state index contributed by atoms with van der Waals surface area (Å²) in [5, 5.41) is 9.27. The first kappa shape index (κ1) is 22.9. The van der Waals surface area contributed by atoms with Crippen LogP contribution in [-0.2, 0) is 5.75 Å². The maximum absolute atomic E-state index is 15.0. The van der Waals surface area contributed by atoms with Gasteiger partial charge in [-0.1, -0.05) is 83.2 Å². The van der Waals surface area contributed by atoms with Gasteiger partial charge < -0.3 is 4.42 Å². The number of fused-ring (bicyclic) bond motifs is 2. The smallest absolute Gasteiger partial charge is 0.297 e. The van der Waals surface area contributed by atoms with Crippen LogP contribution in [0.25, 0.3) is 11.0 Å². The fraction of sp³-hybridized carbons (Fsp3) is 0.0769. The molecule has 6 rings (SSSR count). The molecule has 6 nitrogen and oxygen atoms in total. The highest BCUT2D eigenvalue weighted by Gasteiger charge is 2.46. The number of carbonyl (C=O) groups is 1. The molecular formula is C26H15ClFN3O3S2. The van der Waals surface area contributed by atoms with Gasteiger partial charge >= 0.3 is 0 Å². The third kappa shape index (κ3) is 3.89. The molecule has 0 radical (unpaired) electrons. The Morgan fingerprint density at radius 2 is 1.81 bits per heavy atom. The quantitative estimate of drug-likeness (QED) is 0.189. The first-order valence-corrected chi connectivity index (χ1v) is 13.0. The van der Waals surface area contributed by atoms with Gasteiger partial charge in [0.05, 0.1) is 10.9 Å². The number of thioether (sulfide) groups is 1. The predicted octanol–water partition coefficient (Wildman–Crippen LogP) is 6.48. The number of carbonyl (C=O) groups excluding carboxylic acids is 1. The highest BCUT2D eigenvalue weighted by molar-refractivity contribution is 8.00. The Balaban J connectivity index is 1.47. The van der Waals surface area contributed by atoms with Crippen LogP contribution in [0.3, 0.4) is 0 Å². The number of amides is 1. The topological polar surface area (TPSA) is 76.3 Å². The van der Waals surface area contributed by atoms with Crippen molar-refractivity contribution >= 4 is 56.7 Å². The monoisotopic (exact) mass is 535 g/mol. The molecule has 1 atom stereocenters. The molecule has 3 aromatic carbocycles. The van der Waals surface area contributed by atoms with Crippen molar-refractivity contribution in [2.45, 2.75) is 16.1 Å². The summed E-state index contributed by atoms with van der Waals surface area (Å²) in [5.74, 6) is -0.603. The zero-order valence-electron chi connectivity index (χ0n) is 18.4. The number of hydrogen-bond donors (Lipinski definition) is 0. The Morgan fingerprint density at radius 1 is 1.03 bits per heavy atom. The van der Waals surface area contributed by atoms with Gasteiger partial charge in [0.25, 0.3) is 5.91 Å². The first-order valence-electron chi connectivity index (χ1n) is 10.9. The van der Waals surface area contributed by atoms with E-state index in [0.717, 1.165) is 5.56 Å². The zero-order chi connectivity index (χ0) is 24.8. The van der Waals surface area contributed by atoms with Crippen molar-refractivity contribution in [2.24, 2.45) is 0 Å². The van der Waals surface area contributed by atoms with Crippen molar-refractivity contribution in [1.82, 2.24) is 10.2 Å². The fourth-order valence-corrected chi connectivity index (χ4v) is 6.21. The molecule has 0 saturated heterocycles. The maximum atomic E-state index is 15.0. The number of anilines is 1. The molecule has 0 N–H and O–H groups in total. The molecule has 5 aromatic rings. The molecule has 1 aliphatic heterocycles. The first-order chi connectivity index (χ1) is 17.5. The van der Waals surface area contributed by atoms with Crippen LogP contribution in [0, 0.1) is 5.82 Å². The number of hydrogen-bond acceptors (Lipinski definition) is 7. The van der Waals surface area contributed by atoms with E-state index in [1.165, 1.54) is 46.2 Å². The molecule has 0 fully saturated rings. The summed E-state index contributed by atoms with van der Waals surface area (Å²) in [6.45, 7) is 0. The lowest BCUT2D eigenvalue weighted by molar-refractivity contribution is 0.0970. The molecular weight excluding hydrogens is 521 g/mol. The van der Waals surface area contributed by atoms with Crippen LogP contribution in [0.5, 0.6) is 0 Å². The molecule has 1 unspecified atom stereocenters. The average molecular weight is 536 g/mol. The average Bonchev–Trinajstić information content (AvgIpc) is 3.47. The number of rotatable bonds is 5. The van der Waals surface area contributed by atoms with E-state index in [1.807, 2.05) is 30.3 Å². The van der Waals surface area contributed by atoms with Crippen molar-refractivity contribution in [1.29, 1.82) is 0 Å². The van der Waals surface area contributed by atoms with Crippen LogP contribution < -0.4 is 10.3 Å². The van der Waals surface area contributed by atoms with Gasteiger partial charge in [-0.15, -0.1) is 10.2 Å². The molecule has 178 valence electrons. The van der Waals surface area contributed by atoms with E-state index in [4.69, 9.17) is 16.0 Å². The summed E-state index contributed by atoms with van der Waals surface area (Å²) in [4.78, 5) is 28.5. The normalized spacial score (nSPS) is 15.0. The Labute approximate surface area is 217 Å². The summed E-state index contributed by atoms with van der Waals surface area (Å²) < 4.78 is 21.6. The second kappa shape index (κ2) is 9.16. The summed E-state index contributed by atoms with van der Waals surface area (Å²) in [5.41, 5.74) is 1.11. The van der Waals surface area contributed by atoms with Gasteiger partial charge in [0.2, 0.25) is 10.9 Å². The molecule has 2 aromatic heterocycles. The van der Waals surface area contributed by atoms with Crippen LogP contribution in [0.15, 0.2) is 86.3 Å². The van der Waals surface area contributed by atoms with E-state index in [0.29, 0.717) is 15.1 Å². The van der Waals surface area contributed by atoms with Crippen molar-refractivity contribution in [3.05, 3.63) is 116 Å². The standard InChI is InChI=1S/C26H15ClFN3O3S2/c27-15-10-11-19-17(12-15)22(32)20-21(16-8-4-5-9-18(16)28)31(24(33)23(20)34-19)25-29-30-26(36-25)35-13-14-6-2-1-3-7-14/h1-12,21H,13H2. The van der Waals surface area contributed by atoms with E-state index >= 15 is 4.39 Å². The molecule has 1 amide bonds. The molecule has 0 aliphatic carbocycles. The second-order valence-electron chi connectivity index (χ2n) is 8.04. The minimum atomic E-state index is -1.06. The SMILES string of the molecule is O=C1c2oc3ccc(Cl)cc3c(=O)c2C(c2ccccc2F)N1c1nnc(SCc2ccccc2)s1. The van der Waals surface area contributed by atoms with E-state index in [2.05, 4.69) is 10.2 Å². The number of benzene rings is 3. The zero-order valence-corrected chi connectivity index (χ0v) is 20.7. The lowest BCUT2D eigenvalue weighted by Gasteiger charge is -2.22. The Bertz CT molecular complexity index is 1690. The maximum Gasteiger partial charge on any atom is 0.297 e. The number of halogens is 2. The van der Waals surface area contributed by atoms with Crippen molar-refractivity contribution in [3.8, 4) is 0 Å². The van der Waals surface area contributed by atoms with E-state index in [-0.39, 0.29) is 33.0 Å². The Kier molecular flexibility index (Phi) is 5.83. The second-order valence-corrected chi connectivity index (χ2v) is 10.7. The third-order valence-corrected chi connectivity index (χ3v) is 8.20. The molecule has 0 spiro atoms. The van der Waals surface area contributed by atoms with Crippen molar-refractivity contribution < 1.29 is 13.6 Å². The van der Waals surface area contributed by atoms with Gasteiger partial charge in [-0.05, 0) is 29.8 Å². The van der Waals surface area contributed by atoms with Gasteiger partial charge in [0.1, 0.15) is 17.4 Å². The summed E-state index contributed by atoms with van der Waals surface area (Å²) in [6, 6.07) is 19.5. The van der Waals surface area contributed by atoms with Gasteiger partial charge in [0.15, 0.2) is 9.77 Å². The largest absolute Gasteiger partial charge is 0.450 e. The van der Waals surface area contributed by atoms with Crippen molar-refractivity contribution in [3.63, 3.8) is 0 Å². The fourth-order valence-electron chi connectivity index (χ4n) is 4.21. The van der Waals surface area contributed by atoms with Crippen LogP contribution in [-0.4, -0.2) is 16.1 Å². The Hall–Kier alpha value is -3.53. The highest BCUT2D eigenvalue weighted by Crippen LogP contribution is 2.44. The van der Waals surface area contributed by atoms with Crippen LogP contribution in [0.2, 0.25) is 5.02 Å². The van der Waals surface area contributed by atoms with Gasteiger partial charge in [-0.25, -0.2) is 4.39 Å². The molecule has 10 heteroatoms. The van der Waals surface area contributed by atoms with E-state index in [1.54, 1.807) is 24.3 Å². The molecule has 36 heavy (non-hydrogen) atoms. The summed E-state index contributed by atoms with van der Waals surface area (Å²) >= 11 is 8.79. The van der Waals surface area contributed by atoms with Crippen LogP contribution in [0.1, 0.15) is 33.3 Å². The molecule has 1 aliphatic rings. The Morgan fingerprint density at radius 3 is 2.61 bits per heavy atom. The van der Waals surface area contributed by atoms with Gasteiger partial charge in [0, 0.05) is 16.3 Å². The molecule has 3 heterocycles. The highest BCUT2D eigenvalue weighted by atomic mass is 35.5. The third-order valence-electron chi connectivity index (χ3n) is 5.84.